The van der Waals surface area contributed by atoms with Crippen LogP contribution >= 0.6 is 0 Å². The average molecular weight is 356 g/mol. The number of hydrogen-bond donors (Lipinski definition) is 0. The summed E-state index contributed by atoms with van der Waals surface area (Å²) in [5.74, 6) is 0.485. The Morgan fingerprint density at radius 3 is 2.42 bits per heavy atom. The van der Waals surface area contributed by atoms with E-state index in [0.29, 0.717) is 31.9 Å². The molecule has 0 spiro atoms. The van der Waals surface area contributed by atoms with Crippen molar-refractivity contribution in [3.63, 3.8) is 0 Å². The molecule has 1 saturated heterocycles. The molecule has 1 atom stereocenters. The average Bonchev–Trinajstić information content (AvgIpc) is 2.64. The first-order chi connectivity index (χ1) is 12.5. The third kappa shape index (κ3) is 3.98. The Morgan fingerprint density at radius 2 is 1.77 bits per heavy atom. The minimum Gasteiger partial charge on any atom is -0.481 e. The van der Waals surface area contributed by atoms with Gasteiger partial charge in [0, 0.05) is 26.2 Å². The van der Waals surface area contributed by atoms with Crippen LogP contribution in [0.25, 0.3) is 0 Å². The van der Waals surface area contributed by atoms with E-state index in [1.54, 1.807) is 24.0 Å². The number of hydrogen-bond acceptors (Lipinski definition) is 3. The van der Waals surface area contributed by atoms with E-state index in [-0.39, 0.29) is 11.7 Å². The number of amides is 1. The molecule has 26 heavy (non-hydrogen) atoms. The molecule has 4 nitrogen and oxygen atoms in total. The molecule has 1 aliphatic heterocycles. The van der Waals surface area contributed by atoms with Gasteiger partial charge in [0.2, 0.25) is 0 Å². The molecule has 5 heteroatoms. The van der Waals surface area contributed by atoms with Crippen LogP contribution in [-0.2, 0) is 4.79 Å². The zero-order valence-corrected chi connectivity index (χ0v) is 15.5. The van der Waals surface area contributed by atoms with Gasteiger partial charge in [0.05, 0.1) is 5.69 Å². The molecular weight excluding hydrogens is 331 g/mol. The van der Waals surface area contributed by atoms with Crippen LogP contribution in [0.3, 0.4) is 0 Å². The fourth-order valence-corrected chi connectivity index (χ4v) is 3.31. The van der Waals surface area contributed by atoms with E-state index in [2.05, 4.69) is 0 Å². The standard InChI is InChI=1S/C21H25FN2O2/c1-15-8-9-20(16(2)14-15)26-17(3)21(25)24-12-10-23(11-13-24)19-7-5-4-6-18(19)22/h4-9,14,17H,10-13H2,1-3H3/t17-/m1/s1. The van der Waals surface area contributed by atoms with Gasteiger partial charge in [0.25, 0.3) is 5.91 Å². The molecule has 1 heterocycles. The second-order valence-electron chi connectivity index (χ2n) is 6.79. The Balaban J connectivity index is 1.58. The van der Waals surface area contributed by atoms with Crippen molar-refractivity contribution in [1.29, 1.82) is 0 Å². The number of anilines is 1. The van der Waals surface area contributed by atoms with Gasteiger partial charge >= 0.3 is 0 Å². The van der Waals surface area contributed by atoms with Crippen molar-refractivity contribution >= 4 is 11.6 Å². The van der Waals surface area contributed by atoms with Crippen molar-refractivity contribution in [2.75, 3.05) is 31.1 Å². The Hall–Kier alpha value is -2.56. The van der Waals surface area contributed by atoms with E-state index in [1.165, 1.54) is 6.07 Å². The van der Waals surface area contributed by atoms with Crippen molar-refractivity contribution in [3.05, 3.63) is 59.4 Å². The lowest BCUT2D eigenvalue weighted by atomic mass is 10.1. The molecule has 0 saturated carbocycles. The smallest absolute Gasteiger partial charge is 0.263 e. The number of piperazine rings is 1. The Labute approximate surface area is 154 Å². The van der Waals surface area contributed by atoms with Gasteiger partial charge in [0.1, 0.15) is 11.6 Å². The van der Waals surface area contributed by atoms with E-state index in [9.17, 15) is 9.18 Å². The maximum Gasteiger partial charge on any atom is 0.263 e. The molecule has 0 N–H and O–H groups in total. The number of benzene rings is 2. The third-order valence-corrected chi connectivity index (χ3v) is 4.77. The number of carbonyl (C=O) groups is 1. The summed E-state index contributed by atoms with van der Waals surface area (Å²) in [7, 11) is 0. The highest BCUT2D eigenvalue weighted by atomic mass is 19.1. The molecule has 2 aromatic carbocycles. The summed E-state index contributed by atoms with van der Waals surface area (Å²) in [5, 5.41) is 0. The summed E-state index contributed by atoms with van der Waals surface area (Å²) >= 11 is 0. The highest BCUT2D eigenvalue weighted by Crippen LogP contribution is 2.22. The lowest BCUT2D eigenvalue weighted by Crippen LogP contribution is -2.52. The summed E-state index contributed by atoms with van der Waals surface area (Å²) in [5.41, 5.74) is 2.78. The fraction of sp³-hybridized carbons (Fsp3) is 0.381. The molecule has 1 aliphatic rings. The summed E-state index contributed by atoms with van der Waals surface area (Å²) in [6.07, 6.45) is -0.545. The van der Waals surface area contributed by atoms with Crippen LogP contribution in [0.2, 0.25) is 0 Å². The van der Waals surface area contributed by atoms with Gasteiger partial charge in [-0.3, -0.25) is 4.79 Å². The first kappa shape index (κ1) is 18.2. The van der Waals surface area contributed by atoms with Crippen molar-refractivity contribution in [2.45, 2.75) is 26.9 Å². The zero-order valence-electron chi connectivity index (χ0n) is 15.5. The minimum atomic E-state index is -0.545. The molecule has 0 radical (unpaired) electrons. The maximum absolute atomic E-state index is 13.9. The van der Waals surface area contributed by atoms with Crippen molar-refractivity contribution in [2.24, 2.45) is 0 Å². The normalized spacial score (nSPS) is 15.7. The van der Waals surface area contributed by atoms with Crippen molar-refractivity contribution < 1.29 is 13.9 Å². The second-order valence-corrected chi connectivity index (χ2v) is 6.79. The van der Waals surface area contributed by atoms with E-state index in [0.717, 1.165) is 16.9 Å². The molecule has 0 aliphatic carbocycles. The number of para-hydroxylation sites is 1. The molecule has 0 aromatic heterocycles. The second kappa shape index (κ2) is 7.77. The predicted octanol–water partition coefficient (Wildman–Crippen LogP) is 3.56. The highest BCUT2D eigenvalue weighted by molar-refractivity contribution is 5.81. The first-order valence-electron chi connectivity index (χ1n) is 8.98. The summed E-state index contributed by atoms with van der Waals surface area (Å²) < 4.78 is 19.8. The van der Waals surface area contributed by atoms with Gasteiger partial charge in [-0.15, -0.1) is 0 Å². The molecule has 2 aromatic rings. The van der Waals surface area contributed by atoms with E-state index in [4.69, 9.17) is 4.74 Å². The van der Waals surface area contributed by atoms with Gasteiger partial charge in [-0.2, -0.15) is 0 Å². The van der Waals surface area contributed by atoms with Crippen molar-refractivity contribution in [3.8, 4) is 5.75 Å². The monoisotopic (exact) mass is 356 g/mol. The molecule has 138 valence electrons. The van der Waals surface area contributed by atoms with Crippen LogP contribution in [0.15, 0.2) is 42.5 Å². The number of aryl methyl sites for hydroxylation is 2. The summed E-state index contributed by atoms with van der Waals surface area (Å²) in [6, 6.07) is 12.7. The SMILES string of the molecule is Cc1ccc(O[C@H](C)C(=O)N2CCN(c3ccccc3F)CC2)c(C)c1. The minimum absolute atomic E-state index is 0.0295. The van der Waals surface area contributed by atoms with Gasteiger partial charge in [-0.05, 0) is 44.5 Å². The van der Waals surface area contributed by atoms with Gasteiger partial charge < -0.3 is 14.5 Å². The van der Waals surface area contributed by atoms with Crippen LogP contribution in [-0.4, -0.2) is 43.1 Å². The third-order valence-electron chi connectivity index (χ3n) is 4.77. The van der Waals surface area contributed by atoms with Gasteiger partial charge in [-0.25, -0.2) is 4.39 Å². The fourth-order valence-electron chi connectivity index (χ4n) is 3.31. The predicted molar refractivity (Wildman–Crippen MR) is 101 cm³/mol. The topological polar surface area (TPSA) is 32.8 Å². The van der Waals surface area contributed by atoms with Crippen LogP contribution in [0.4, 0.5) is 10.1 Å². The highest BCUT2D eigenvalue weighted by Gasteiger charge is 2.27. The quantitative estimate of drug-likeness (QED) is 0.840. The number of nitrogens with zero attached hydrogens (tertiary/aromatic N) is 2. The molecule has 3 rings (SSSR count). The Morgan fingerprint density at radius 1 is 1.08 bits per heavy atom. The number of carbonyl (C=O) groups excluding carboxylic acids is 1. The lowest BCUT2D eigenvalue weighted by molar-refractivity contribution is -0.138. The number of halogens is 1. The van der Waals surface area contributed by atoms with Gasteiger partial charge in [0.15, 0.2) is 6.10 Å². The van der Waals surface area contributed by atoms with E-state index in [1.807, 2.05) is 43.0 Å². The van der Waals surface area contributed by atoms with Crippen LogP contribution < -0.4 is 9.64 Å². The summed E-state index contributed by atoms with van der Waals surface area (Å²) in [4.78, 5) is 16.5. The van der Waals surface area contributed by atoms with Crippen LogP contribution in [0, 0.1) is 19.7 Å². The molecule has 1 fully saturated rings. The largest absolute Gasteiger partial charge is 0.481 e. The molecule has 1 amide bonds. The van der Waals surface area contributed by atoms with E-state index >= 15 is 0 Å². The number of ether oxygens (including phenoxy) is 1. The lowest BCUT2D eigenvalue weighted by Gasteiger charge is -2.37. The maximum atomic E-state index is 13.9. The zero-order chi connectivity index (χ0) is 18.7. The molecule has 0 unspecified atom stereocenters. The van der Waals surface area contributed by atoms with Crippen LogP contribution in [0.1, 0.15) is 18.1 Å². The molecular formula is C21H25FN2O2. The number of rotatable bonds is 4. The van der Waals surface area contributed by atoms with Crippen LogP contribution in [0.5, 0.6) is 5.75 Å². The van der Waals surface area contributed by atoms with Crippen molar-refractivity contribution in [1.82, 2.24) is 4.90 Å². The first-order valence-corrected chi connectivity index (χ1v) is 8.98. The summed E-state index contributed by atoms with van der Waals surface area (Å²) in [6.45, 7) is 8.14. The van der Waals surface area contributed by atoms with E-state index < -0.39 is 6.10 Å². The Bertz CT molecular complexity index is 785. The molecule has 0 bridgehead atoms. The van der Waals surface area contributed by atoms with Gasteiger partial charge in [-0.1, -0.05) is 29.8 Å². The Kier molecular flexibility index (Phi) is 5.45.